The second-order valence-electron chi connectivity index (χ2n) is 9.84. The van der Waals surface area contributed by atoms with Gasteiger partial charge in [-0.05, 0) is 47.7 Å². The summed E-state index contributed by atoms with van der Waals surface area (Å²) in [6, 6.07) is 13.8. The first-order valence-corrected chi connectivity index (χ1v) is 12.4. The lowest BCUT2D eigenvalue weighted by Crippen LogP contribution is -2.47. The van der Waals surface area contributed by atoms with Crippen molar-refractivity contribution in [1.82, 2.24) is 4.90 Å². The van der Waals surface area contributed by atoms with Crippen molar-refractivity contribution >= 4 is 22.7 Å². The number of hydrogen-bond donors (Lipinski definition) is 1. The van der Waals surface area contributed by atoms with Gasteiger partial charge in [0.2, 0.25) is 0 Å². The van der Waals surface area contributed by atoms with Crippen LogP contribution < -0.4 is 4.74 Å². The number of carboxylic acids is 1. The maximum atomic E-state index is 12.8. The van der Waals surface area contributed by atoms with Gasteiger partial charge in [-0.2, -0.15) is 0 Å². The zero-order chi connectivity index (χ0) is 25.4. The number of rotatable bonds is 8. The number of ether oxygens (including phenoxy) is 2. The Bertz CT molecular complexity index is 1300. The smallest absolute Gasteiger partial charge is 0.340 e. The summed E-state index contributed by atoms with van der Waals surface area (Å²) in [7, 11) is 1.67. The van der Waals surface area contributed by atoms with E-state index in [-0.39, 0.29) is 35.8 Å². The van der Waals surface area contributed by atoms with Crippen LogP contribution in [0.3, 0.4) is 0 Å². The van der Waals surface area contributed by atoms with Gasteiger partial charge in [0, 0.05) is 44.2 Å². The zero-order valence-corrected chi connectivity index (χ0v) is 20.8. The van der Waals surface area contributed by atoms with E-state index in [4.69, 9.17) is 13.9 Å². The van der Waals surface area contributed by atoms with Crippen molar-refractivity contribution in [2.75, 3.05) is 20.3 Å². The first-order valence-electron chi connectivity index (χ1n) is 12.4. The number of carbonyl (C=O) groups is 2. The topological polar surface area (TPSA) is 89.2 Å². The van der Waals surface area contributed by atoms with Gasteiger partial charge in [0.1, 0.15) is 22.7 Å². The van der Waals surface area contributed by atoms with E-state index in [0.29, 0.717) is 19.0 Å². The Labute approximate surface area is 210 Å². The van der Waals surface area contributed by atoms with Crippen LogP contribution in [0.2, 0.25) is 0 Å². The second-order valence-corrected chi connectivity index (χ2v) is 9.84. The van der Waals surface area contributed by atoms with Gasteiger partial charge in [-0.25, -0.2) is 4.79 Å². The summed E-state index contributed by atoms with van der Waals surface area (Å²) in [5, 5.41) is 10.6. The number of ketones is 1. The van der Waals surface area contributed by atoms with E-state index in [0.717, 1.165) is 46.3 Å². The zero-order valence-electron chi connectivity index (χ0n) is 20.8. The fourth-order valence-corrected chi connectivity index (χ4v) is 5.32. The van der Waals surface area contributed by atoms with E-state index in [2.05, 4.69) is 30.9 Å². The summed E-state index contributed by atoms with van der Waals surface area (Å²) in [6.07, 6.45) is 3.18. The Hall–Kier alpha value is -3.58. The van der Waals surface area contributed by atoms with Crippen molar-refractivity contribution in [1.29, 1.82) is 0 Å². The summed E-state index contributed by atoms with van der Waals surface area (Å²) in [5.41, 5.74) is 3.61. The van der Waals surface area contributed by atoms with Gasteiger partial charge in [0.25, 0.3) is 0 Å². The second kappa shape index (κ2) is 9.82. The number of fused-ring (bicyclic) bond motifs is 4. The minimum Gasteiger partial charge on any atom is -0.493 e. The molecule has 188 valence electrons. The van der Waals surface area contributed by atoms with E-state index >= 15 is 0 Å². The molecule has 2 unspecified atom stereocenters. The minimum atomic E-state index is -1.17. The SMILES string of the molecule is COCCCOc1cc2c(cc1-c1cc3ccccc3o1)C1CC(=O)C(C(=O)O)=CN1C(C(C)C)C2. The van der Waals surface area contributed by atoms with Crippen LogP contribution in [0.1, 0.15) is 43.9 Å². The predicted molar refractivity (Wildman–Crippen MR) is 136 cm³/mol. The number of carboxylic acid groups (broad SMARTS) is 1. The molecule has 3 aromatic rings. The molecule has 2 aliphatic rings. The van der Waals surface area contributed by atoms with Gasteiger partial charge in [-0.15, -0.1) is 0 Å². The Kier molecular flexibility index (Phi) is 6.58. The first-order chi connectivity index (χ1) is 17.4. The summed E-state index contributed by atoms with van der Waals surface area (Å²) in [6.45, 7) is 5.37. The third kappa shape index (κ3) is 4.39. The molecule has 1 aromatic heterocycles. The van der Waals surface area contributed by atoms with Crippen molar-refractivity contribution in [3.63, 3.8) is 0 Å². The van der Waals surface area contributed by atoms with Crippen LogP contribution in [0.15, 0.2) is 58.7 Å². The number of aliphatic carboxylic acids is 1. The van der Waals surface area contributed by atoms with Gasteiger partial charge in [-0.3, -0.25) is 4.79 Å². The number of benzene rings is 2. The van der Waals surface area contributed by atoms with Gasteiger partial charge in [0.05, 0.1) is 18.2 Å². The number of methoxy groups -OCH3 is 1. The minimum absolute atomic E-state index is 0.0725. The molecule has 0 aliphatic carbocycles. The molecule has 2 aromatic carbocycles. The maximum Gasteiger partial charge on any atom is 0.340 e. The molecule has 2 atom stereocenters. The quantitative estimate of drug-likeness (QED) is 0.336. The first kappa shape index (κ1) is 24.1. The van der Waals surface area contributed by atoms with E-state index in [1.807, 2.05) is 30.3 Å². The van der Waals surface area contributed by atoms with Gasteiger partial charge < -0.3 is 23.9 Å². The Morgan fingerprint density at radius 2 is 1.97 bits per heavy atom. The van der Waals surface area contributed by atoms with Gasteiger partial charge >= 0.3 is 5.97 Å². The van der Waals surface area contributed by atoms with Crippen molar-refractivity contribution in [2.45, 2.75) is 45.2 Å². The molecule has 5 rings (SSSR count). The van der Waals surface area contributed by atoms with Crippen LogP contribution in [0.4, 0.5) is 0 Å². The van der Waals surface area contributed by atoms with E-state index in [1.54, 1.807) is 13.3 Å². The lowest BCUT2D eigenvalue weighted by Gasteiger charge is -2.46. The molecule has 0 radical (unpaired) electrons. The highest BCUT2D eigenvalue weighted by atomic mass is 16.5. The van der Waals surface area contributed by atoms with Crippen molar-refractivity contribution in [3.8, 4) is 17.1 Å². The summed E-state index contributed by atoms with van der Waals surface area (Å²) in [4.78, 5) is 26.6. The largest absolute Gasteiger partial charge is 0.493 e. The monoisotopic (exact) mass is 489 g/mol. The molecule has 0 spiro atoms. The molecule has 0 saturated carbocycles. The van der Waals surface area contributed by atoms with Crippen LogP contribution >= 0.6 is 0 Å². The van der Waals surface area contributed by atoms with Crippen molar-refractivity contribution < 1.29 is 28.6 Å². The van der Waals surface area contributed by atoms with Gasteiger partial charge in [-0.1, -0.05) is 32.0 Å². The summed E-state index contributed by atoms with van der Waals surface area (Å²) >= 11 is 0. The van der Waals surface area contributed by atoms with E-state index < -0.39 is 5.97 Å². The molecule has 0 amide bonds. The third-order valence-corrected chi connectivity index (χ3v) is 7.17. The van der Waals surface area contributed by atoms with Crippen LogP contribution in [0.25, 0.3) is 22.3 Å². The van der Waals surface area contributed by atoms with Crippen LogP contribution in [0, 0.1) is 5.92 Å². The molecule has 7 heteroatoms. The molecule has 1 N–H and O–H groups in total. The highest BCUT2D eigenvalue weighted by Crippen LogP contribution is 2.46. The number of carbonyl (C=O) groups excluding carboxylic acids is 1. The Balaban J connectivity index is 1.63. The number of para-hydroxylation sites is 1. The summed E-state index contributed by atoms with van der Waals surface area (Å²) in [5.74, 6) is 0.186. The molecular weight excluding hydrogens is 458 g/mol. The number of furan rings is 1. The molecular formula is C29H31NO6. The fourth-order valence-electron chi connectivity index (χ4n) is 5.32. The molecule has 0 saturated heterocycles. The molecule has 36 heavy (non-hydrogen) atoms. The van der Waals surface area contributed by atoms with Crippen LogP contribution in [-0.2, 0) is 20.7 Å². The summed E-state index contributed by atoms with van der Waals surface area (Å²) < 4.78 is 17.6. The maximum absolute atomic E-state index is 12.8. The predicted octanol–water partition coefficient (Wildman–Crippen LogP) is 5.38. The molecule has 2 aliphatic heterocycles. The van der Waals surface area contributed by atoms with Crippen molar-refractivity contribution in [2.24, 2.45) is 5.92 Å². The molecule has 0 bridgehead atoms. The van der Waals surface area contributed by atoms with Gasteiger partial charge in [0.15, 0.2) is 5.78 Å². The highest BCUT2D eigenvalue weighted by Gasteiger charge is 2.41. The average Bonchev–Trinajstić information content (AvgIpc) is 3.29. The molecule has 3 heterocycles. The number of Topliss-reactive ketones (excluding diaryl/α,β-unsaturated/α-hetero) is 1. The third-order valence-electron chi connectivity index (χ3n) is 7.17. The van der Waals surface area contributed by atoms with E-state index in [9.17, 15) is 14.7 Å². The van der Waals surface area contributed by atoms with E-state index in [1.165, 1.54) is 0 Å². The lowest BCUT2D eigenvalue weighted by atomic mass is 9.79. The number of nitrogens with zero attached hydrogens (tertiary/aromatic N) is 1. The fraction of sp³-hybridized carbons (Fsp3) is 0.379. The Morgan fingerprint density at radius 3 is 2.69 bits per heavy atom. The standard InChI is InChI=1S/C29H31NO6/c1-17(2)23-11-19-13-27(35-10-6-9-34-3)21(28-12-18-7-4-5-8-26(18)36-28)14-20(19)24-15-25(31)22(29(32)33)16-30(23)24/h4-5,7-8,12-14,16-17,23-24H,6,9-11,15H2,1-3H3,(H,32,33). The lowest BCUT2D eigenvalue weighted by molar-refractivity contribution is -0.135. The highest BCUT2D eigenvalue weighted by molar-refractivity contribution is 6.17. The average molecular weight is 490 g/mol. The van der Waals surface area contributed by atoms with Crippen LogP contribution in [-0.4, -0.2) is 48.1 Å². The van der Waals surface area contributed by atoms with Crippen molar-refractivity contribution in [3.05, 3.63) is 65.4 Å². The molecule has 0 fully saturated rings. The normalized spacial score (nSPS) is 19.3. The number of hydrogen-bond acceptors (Lipinski definition) is 6. The van der Waals surface area contributed by atoms with Crippen LogP contribution in [0.5, 0.6) is 5.75 Å². The Morgan fingerprint density at radius 1 is 1.17 bits per heavy atom. The molecule has 7 nitrogen and oxygen atoms in total.